The number of carboxylic acid groups (broad SMARTS) is 1. The van der Waals surface area contributed by atoms with Crippen LogP contribution in [0.2, 0.25) is 0 Å². The molecule has 3 rings (SSSR count). The Morgan fingerprint density at radius 1 is 1.05 bits per heavy atom. The van der Waals surface area contributed by atoms with Crippen LogP contribution in [0.5, 0.6) is 0 Å². The Balaban J connectivity index is 2.16. The number of carboxylic acids is 1. The highest BCUT2D eigenvalue weighted by atomic mass is 32.1. The van der Waals surface area contributed by atoms with Crippen LogP contribution in [0.15, 0.2) is 53.4 Å². The van der Waals surface area contributed by atoms with Gasteiger partial charge >= 0.3 is 5.97 Å². The van der Waals surface area contributed by atoms with Crippen molar-refractivity contribution < 1.29 is 9.90 Å². The minimum Gasteiger partial charge on any atom is -0.478 e. The third-order valence-electron chi connectivity index (χ3n) is 3.29. The van der Waals surface area contributed by atoms with Gasteiger partial charge in [-0.3, -0.25) is 0 Å². The van der Waals surface area contributed by atoms with Crippen molar-refractivity contribution in [2.45, 2.75) is 6.92 Å². The quantitative estimate of drug-likeness (QED) is 0.775. The summed E-state index contributed by atoms with van der Waals surface area (Å²) in [6.07, 6.45) is 0. The van der Waals surface area contributed by atoms with E-state index in [4.69, 9.17) is 0 Å². The van der Waals surface area contributed by atoms with Gasteiger partial charge in [0.15, 0.2) is 0 Å². The number of carbonyl (C=O) groups is 1. The minimum absolute atomic E-state index is 0.274. The normalized spacial score (nSPS) is 10.5. The first kappa shape index (κ1) is 13.5. The summed E-state index contributed by atoms with van der Waals surface area (Å²) in [5.41, 5.74) is 6.71. The van der Waals surface area contributed by atoms with E-state index < -0.39 is 5.97 Å². The van der Waals surface area contributed by atoms with Crippen LogP contribution in [0.3, 0.4) is 0 Å². The Morgan fingerprint density at radius 3 is 2.38 bits per heavy atom. The zero-order chi connectivity index (χ0) is 14.8. The first-order chi connectivity index (χ1) is 10.1. The molecule has 0 amide bonds. The van der Waals surface area contributed by atoms with Crippen LogP contribution in [-0.4, -0.2) is 16.1 Å². The van der Waals surface area contributed by atoms with Gasteiger partial charge in [-0.25, -0.2) is 9.78 Å². The first-order valence-corrected chi connectivity index (χ1v) is 7.42. The summed E-state index contributed by atoms with van der Waals surface area (Å²) >= 11 is 1.49. The number of rotatable bonds is 3. The lowest BCUT2D eigenvalue weighted by Gasteiger charge is -2.07. The minimum atomic E-state index is -0.930. The van der Waals surface area contributed by atoms with Crippen LogP contribution >= 0.6 is 11.3 Å². The summed E-state index contributed by atoms with van der Waals surface area (Å²) in [5.74, 6) is -0.930. The van der Waals surface area contributed by atoms with Crippen LogP contribution in [-0.2, 0) is 0 Å². The van der Waals surface area contributed by atoms with E-state index in [-0.39, 0.29) is 5.56 Å². The van der Waals surface area contributed by atoms with Crippen molar-refractivity contribution in [3.8, 4) is 22.4 Å². The van der Waals surface area contributed by atoms with E-state index >= 15 is 0 Å². The van der Waals surface area contributed by atoms with Crippen molar-refractivity contribution in [1.29, 1.82) is 0 Å². The highest BCUT2D eigenvalue weighted by molar-refractivity contribution is 7.07. The largest absolute Gasteiger partial charge is 0.478 e. The Morgan fingerprint density at radius 2 is 1.76 bits per heavy atom. The Hall–Kier alpha value is -2.46. The summed E-state index contributed by atoms with van der Waals surface area (Å²) in [6.45, 7) is 2.03. The molecule has 3 nitrogen and oxygen atoms in total. The highest BCUT2D eigenvalue weighted by Crippen LogP contribution is 2.28. The molecule has 2 aromatic carbocycles. The molecule has 0 aliphatic carbocycles. The predicted octanol–water partition coefficient (Wildman–Crippen LogP) is 4.48. The molecule has 4 heteroatoms. The Bertz CT molecular complexity index is 777. The second-order valence-electron chi connectivity index (χ2n) is 4.84. The third kappa shape index (κ3) is 2.85. The molecule has 3 aromatic rings. The van der Waals surface area contributed by atoms with Gasteiger partial charge in [-0.2, -0.15) is 0 Å². The van der Waals surface area contributed by atoms with Crippen LogP contribution in [0, 0.1) is 6.92 Å². The SMILES string of the molecule is Cc1ccc(-c2cc(C(=O)O)cc(-c3cscn3)c2)cc1. The number of aromatic nitrogens is 1. The van der Waals surface area contributed by atoms with Crippen molar-refractivity contribution in [2.75, 3.05) is 0 Å². The van der Waals surface area contributed by atoms with Crippen molar-refractivity contribution in [1.82, 2.24) is 4.98 Å². The Kier molecular flexibility index (Phi) is 3.54. The highest BCUT2D eigenvalue weighted by Gasteiger charge is 2.10. The van der Waals surface area contributed by atoms with Gasteiger partial charge in [0.2, 0.25) is 0 Å². The van der Waals surface area contributed by atoms with Gasteiger partial charge in [-0.15, -0.1) is 11.3 Å². The molecular formula is C17H13NO2S. The first-order valence-electron chi connectivity index (χ1n) is 6.47. The molecule has 0 fully saturated rings. The monoisotopic (exact) mass is 295 g/mol. The van der Waals surface area contributed by atoms with E-state index in [9.17, 15) is 9.90 Å². The second kappa shape index (κ2) is 5.50. The molecule has 1 N–H and O–H groups in total. The molecule has 0 saturated heterocycles. The number of benzene rings is 2. The summed E-state index contributed by atoms with van der Waals surface area (Å²) in [4.78, 5) is 15.6. The zero-order valence-electron chi connectivity index (χ0n) is 11.4. The van der Waals surface area contributed by atoms with Crippen molar-refractivity contribution >= 4 is 17.3 Å². The summed E-state index contributed by atoms with van der Waals surface area (Å²) in [5, 5.41) is 11.2. The van der Waals surface area contributed by atoms with Crippen LogP contribution in [0.4, 0.5) is 0 Å². The molecule has 0 bridgehead atoms. The smallest absolute Gasteiger partial charge is 0.335 e. The van der Waals surface area contributed by atoms with Gasteiger partial charge in [-0.05, 0) is 36.2 Å². The van der Waals surface area contributed by atoms with E-state index in [0.29, 0.717) is 0 Å². The average Bonchev–Trinajstić information content (AvgIpc) is 3.02. The van der Waals surface area contributed by atoms with Crippen molar-refractivity contribution in [2.24, 2.45) is 0 Å². The predicted molar refractivity (Wildman–Crippen MR) is 84.7 cm³/mol. The fourth-order valence-electron chi connectivity index (χ4n) is 2.17. The summed E-state index contributed by atoms with van der Waals surface area (Å²) in [6, 6.07) is 13.4. The molecule has 1 heterocycles. The van der Waals surface area contributed by atoms with E-state index in [1.54, 1.807) is 17.6 Å². The number of aromatic carboxylic acids is 1. The summed E-state index contributed by atoms with van der Waals surface area (Å²) in [7, 11) is 0. The van der Waals surface area contributed by atoms with Gasteiger partial charge in [0.25, 0.3) is 0 Å². The maximum absolute atomic E-state index is 11.3. The number of hydrogen-bond acceptors (Lipinski definition) is 3. The molecule has 0 radical (unpaired) electrons. The molecule has 104 valence electrons. The number of nitrogens with zero attached hydrogens (tertiary/aromatic N) is 1. The number of hydrogen-bond donors (Lipinski definition) is 1. The third-order valence-corrected chi connectivity index (χ3v) is 3.88. The molecule has 0 atom stereocenters. The van der Waals surface area contributed by atoms with Crippen LogP contribution < -0.4 is 0 Å². The zero-order valence-corrected chi connectivity index (χ0v) is 12.2. The fraction of sp³-hybridized carbons (Fsp3) is 0.0588. The Labute approximate surface area is 126 Å². The average molecular weight is 295 g/mol. The molecule has 0 unspecified atom stereocenters. The van der Waals surface area contributed by atoms with E-state index in [1.807, 2.05) is 42.6 Å². The second-order valence-corrected chi connectivity index (χ2v) is 5.56. The molecule has 0 spiro atoms. The van der Waals surface area contributed by atoms with E-state index in [0.717, 1.165) is 22.4 Å². The van der Waals surface area contributed by atoms with Gasteiger partial charge in [0, 0.05) is 10.9 Å². The lowest BCUT2D eigenvalue weighted by Crippen LogP contribution is -1.97. The standard InChI is InChI=1S/C17H13NO2S/c1-11-2-4-12(5-3-11)13-6-14(16-9-21-10-18-16)8-15(7-13)17(19)20/h2-10H,1H3,(H,19,20). The van der Waals surface area contributed by atoms with Crippen molar-refractivity contribution in [3.63, 3.8) is 0 Å². The van der Waals surface area contributed by atoms with Gasteiger partial charge < -0.3 is 5.11 Å². The van der Waals surface area contributed by atoms with Crippen molar-refractivity contribution in [3.05, 3.63) is 64.5 Å². The van der Waals surface area contributed by atoms with E-state index in [1.165, 1.54) is 16.9 Å². The maximum Gasteiger partial charge on any atom is 0.335 e. The number of thiazole rings is 1. The maximum atomic E-state index is 11.3. The summed E-state index contributed by atoms with van der Waals surface area (Å²) < 4.78 is 0. The lowest BCUT2D eigenvalue weighted by molar-refractivity contribution is 0.0697. The number of aryl methyl sites for hydroxylation is 1. The topological polar surface area (TPSA) is 50.2 Å². The van der Waals surface area contributed by atoms with Gasteiger partial charge in [0.05, 0.1) is 16.8 Å². The molecule has 0 aliphatic heterocycles. The van der Waals surface area contributed by atoms with Gasteiger partial charge in [-0.1, -0.05) is 29.8 Å². The molecule has 0 aliphatic rings. The van der Waals surface area contributed by atoms with Gasteiger partial charge in [0.1, 0.15) is 0 Å². The molecule has 1 aromatic heterocycles. The molecule has 0 saturated carbocycles. The fourth-order valence-corrected chi connectivity index (χ4v) is 2.73. The van der Waals surface area contributed by atoms with Crippen LogP contribution in [0.25, 0.3) is 22.4 Å². The van der Waals surface area contributed by atoms with E-state index in [2.05, 4.69) is 4.98 Å². The lowest BCUT2D eigenvalue weighted by atomic mass is 9.98. The molecule has 21 heavy (non-hydrogen) atoms. The van der Waals surface area contributed by atoms with Crippen LogP contribution in [0.1, 0.15) is 15.9 Å². The molecular weight excluding hydrogens is 282 g/mol.